The van der Waals surface area contributed by atoms with Crippen molar-refractivity contribution in [1.29, 1.82) is 0 Å². The number of fused-ring (bicyclic) bond motifs is 1. The van der Waals surface area contributed by atoms with E-state index in [1.54, 1.807) is 17.4 Å². The highest BCUT2D eigenvalue weighted by atomic mass is 32.1. The van der Waals surface area contributed by atoms with Gasteiger partial charge in [0.2, 0.25) is 5.90 Å². The molecule has 0 aliphatic carbocycles. The Labute approximate surface area is 130 Å². The number of carbonyl (C=O) groups is 1. The van der Waals surface area contributed by atoms with Gasteiger partial charge in [-0.25, -0.2) is 14.8 Å². The normalized spacial score (nSPS) is 16.3. The second-order valence-corrected chi connectivity index (χ2v) is 5.71. The van der Waals surface area contributed by atoms with Crippen molar-refractivity contribution in [3.63, 3.8) is 0 Å². The van der Waals surface area contributed by atoms with Crippen LogP contribution in [-0.4, -0.2) is 21.3 Å². The summed E-state index contributed by atoms with van der Waals surface area (Å²) in [5.41, 5.74) is 2.77. The number of aliphatic imine (C=N–C) groups is 1. The van der Waals surface area contributed by atoms with Crippen LogP contribution in [0.15, 0.2) is 52.6 Å². The Balaban J connectivity index is 1.79. The molecule has 4 rings (SSSR count). The first-order valence-corrected chi connectivity index (χ1v) is 7.60. The van der Waals surface area contributed by atoms with Crippen molar-refractivity contribution < 1.29 is 9.53 Å². The van der Waals surface area contributed by atoms with Gasteiger partial charge < -0.3 is 4.74 Å². The number of aryl methyl sites for hydroxylation is 1. The molecule has 0 bridgehead atoms. The lowest BCUT2D eigenvalue weighted by molar-refractivity contribution is -0.129. The molecule has 108 valence electrons. The van der Waals surface area contributed by atoms with Gasteiger partial charge in [0.05, 0.1) is 11.4 Å². The highest BCUT2D eigenvalue weighted by Crippen LogP contribution is 2.23. The number of thiazole rings is 1. The number of esters is 1. The zero-order valence-electron chi connectivity index (χ0n) is 11.7. The van der Waals surface area contributed by atoms with Crippen LogP contribution in [0.5, 0.6) is 0 Å². The highest BCUT2D eigenvalue weighted by molar-refractivity contribution is 7.15. The summed E-state index contributed by atoms with van der Waals surface area (Å²) < 4.78 is 7.20. The van der Waals surface area contributed by atoms with E-state index in [-0.39, 0.29) is 5.70 Å². The third-order valence-electron chi connectivity index (χ3n) is 3.40. The molecule has 0 N–H and O–H groups in total. The molecule has 3 heterocycles. The molecule has 0 saturated carbocycles. The average Bonchev–Trinajstić information content (AvgIpc) is 3.19. The van der Waals surface area contributed by atoms with E-state index >= 15 is 0 Å². The van der Waals surface area contributed by atoms with E-state index in [0.717, 1.165) is 21.9 Å². The van der Waals surface area contributed by atoms with E-state index in [4.69, 9.17) is 4.74 Å². The van der Waals surface area contributed by atoms with Crippen LogP contribution in [0.4, 0.5) is 0 Å². The van der Waals surface area contributed by atoms with Gasteiger partial charge in [0.1, 0.15) is 0 Å². The standard InChI is InChI=1S/C16H11N3O2S/c1-10-13(19-7-8-22-16(19)17-10)9-12-15(20)21-14(18-12)11-5-3-2-4-6-11/h2-9H,1H3/b12-9-. The molecule has 0 unspecified atom stereocenters. The fourth-order valence-electron chi connectivity index (χ4n) is 2.33. The third kappa shape index (κ3) is 2.05. The summed E-state index contributed by atoms with van der Waals surface area (Å²) >= 11 is 1.55. The maximum absolute atomic E-state index is 12.0. The van der Waals surface area contributed by atoms with Crippen LogP contribution in [0.1, 0.15) is 17.0 Å². The van der Waals surface area contributed by atoms with Crippen molar-refractivity contribution in [2.24, 2.45) is 4.99 Å². The summed E-state index contributed by atoms with van der Waals surface area (Å²) in [5, 5.41) is 1.95. The van der Waals surface area contributed by atoms with Gasteiger partial charge in [-0.2, -0.15) is 0 Å². The molecule has 2 aromatic heterocycles. The quantitative estimate of drug-likeness (QED) is 0.540. The fourth-order valence-corrected chi connectivity index (χ4v) is 3.09. The predicted octanol–water partition coefficient (Wildman–Crippen LogP) is 3.05. The lowest BCUT2D eigenvalue weighted by Crippen LogP contribution is -2.05. The van der Waals surface area contributed by atoms with Crippen LogP contribution in [-0.2, 0) is 9.53 Å². The van der Waals surface area contributed by atoms with Crippen LogP contribution < -0.4 is 0 Å². The molecular formula is C16H11N3O2S. The van der Waals surface area contributed by atoms with E-state index < -0.39 is 5.97 Å². The largest absolute Gasteiger partial charge is 0.402 e. The van der Waals surface area contributed by atoms with Gasteiger partial charge in [0, 0.05) is 17.1 Å². The second kappa shape index (κ2) is 4.92. The molecule has 0 saturated heterocycles. The van der Waals surface area contributed by atoms with Crippen molar-refractivity contribution in [3.05, 3.63) is 64.6 Å². The molecule has 5 nitrogen and oxygen atoms in total. The molecular weight excluding hydrogens is 298 g/mol. The number of benzene rings is 1. The first-order valence-electron chi connectivity index (χ1n) is 6.72. The maximum atomic E-state index is 12.0. The SMILES string of the molecule is Cc1nc2sccn2c1/C=C1\N=C(c2ccccc2)OC1=O. The van der Waals surface area contributed by atoms with E-state index in [1.807, 2.05) is 53.2 Å². The lowest BCUT2D eigenvalue weighted by Gasteiger charge is -1.97. The predicted molar refractivity (Wildman–Crippen MR) is 84.9 cm³/mol. The van der Waals surface area contributed by atoms with Gasteiger partial charge in [-0.15, -0.1) is 11.3 Å². The minimum atomic E-state index is -0.441. The third-order valence-corrected chi connectivity index (χ3v) is 4.15. The summed E-state index contributed by atoms with van der Waals surface area (Å²) in [5.74, 6) is -0.107. The van der Waals surface area contributed by atoms with Gasteiger partial charge >= 0.3 is 5.97 Å². The first-order chi connectivity index (χ1) is 10.7. The summed E-state index contributed by atoms with van der Waals surface area (Å²) in [6, 6.07) is 9.37. The first kappa shape index (κ1) is 13.0. The number of imidazole rings is 1. The summed E-state index contributed by atoms with van der Waals surface area (Å²) in [6.45, 7) is 1.91. The zero-order valence-corrected chi connectivity index (χ0v) is 12.5. The minimum Gasteiger partial charge on any atom is -0.402 e. The molecule has 0 spiro atoms. The number of cyclic esters (lactones) is 1. The van der Waals surface area contributed by atoms with E-state index in [1.165, 1.54) is 0 Å². The van der Waals surface area contributed by atoms with Crippen LogP contribution >= 0.6 is 11.3 Å². The van der Waals surface area contributed by atoms with Gasteiger partial charge in [0.15, 0.2) is 10.7 Å². The highest BCUT2D eigenvalue weighted by Gasteiger charge is 2.24. The van der Waals surface area contributed by atoms with Crippen LogP contribution in [0, 0.1) is 6.92 Å². The maximum Gasteiger partial charge on any atom is 0.363 e. The molecule has 0 radical (unpaired) electrons. The number of hydrogen-bond acceptors (Lipinski definition) is 5. The summed E-state index contributed by atoms with van der Waals surface area (Å²) in [6.07, 6.45) is 3.65. The Bertz CT molecular complexity index is 935. The lowest BCUT2D eigenvalue weighted by atomic mass is 10.2. The number of aromatic nitrogens is 2. The Morgan fingerprint density at radius 3 is 2.91 bits per heavy atom. The number of rotatable bonds is 2. The molecule has 0 amide bonds. The molecule has 22 heavy (non-hydrogen) atoms. The molecule has 1 aliphatic heterocycles. The zero-order chi connectivity index (χ0) is 15.1. The number of hydrogen-bond donors (Lipinski definition) is 0. The number of ether oxygens (including phenoxy) is 1. The van der Waals surface area contributed by atoms with E-state index in [9.17, 15) is 4.79 Å². The topological polar surface area (TPSA) is 56.0 Å². The molecule has 0 atom stereocenters. The van der Waals surface area contributed by atoms with Crippen LogP contribution in [0.2, 0.25) is 0 Å². The number of carbonyl (C=O) groups excluding carboxylic acids is 1. The fraction of sp³-hybridized carbons (Fsp3) is 0.0625. The monoisotopic (exact) mass is 309 g/mol. The Kier molecular flexibility index (Phi) is 2.90. The molecule has 0 fully saturated rings. The molecule has 3 aromatic rings. The van der Waals surface area contributed by atoms with Crippen molar-refractivity contribution in [3.8, 4) is 0 Å². The van der Waals surface area contributed by atoms with Gasteiger partial charge in [-0.3, -0.25) is 4.40 Å². The second-order valence-electron chi connectivity index (χ2n) is 4.84. The van der Waals surface area contributed by atoms with Crippen LogP contribution in [0.25, 0.3) is 11.0 Å². The Hall–Kier alpha value is -2.73. The van der Waals surface area contributed by atoms with E-state index in [0.29, 0.717) is 5.90 Å². The number of nitrogens with zero attached hydrogens (tertiary/aromatic N) is 3. The smallest absolute Gasteiger partial charge is 0.363 e. The average molecular weight is 309 g/mol. The van der Waals surface area contributed by atoms with Gasteiger partial charge in [-0.05, 0) is 25.1 Å². The Morgan fingerprint density at radius 1 is 1.27 bits per heavy atom. The van der Waals surface area contributed by atoms with Crippen molar-refractivity contribution in [1.82, 2.24) is 9.38 Å². The Morgan fingerprint density at radius 2 is 2.09 bits per heavy atom. The van der Waals surface area contributed by atoms with Crippen molar-refractivity contribution >= 4 is 34.2 Å². The van der Waals surface area contributed by atoms with Crippen molar-refractivity contribution in [2.45, 2.75) is 6.92 Å². The molecule has 1 aromatic carbocycles. The summed E-state index contributed by atoms with van der Waals surface area (Å²) in [7, 11) is 0. The van der Waals surface area contributed by atoms with Gasteiger partial charge in [0.25, 0.3) is 0 Å². The van der Waals surface area contributed by atoms with Gasteiger partial charge in [-0.1, -0.05) is 18.2 Å². The molecule has 1 aliphatic rings. The summed E-state index contributed by atoms with van der Waals surface area (Å²) in [4.78, 5) is 21.7. The van der Waals surface area contributed by atoms with Crippen LogP contribution in [0.3, 0.4) is 0 Å². The van der Waals surface area contributed by atoms with Crippen molar-refractivity contribution in [2.75, 3.05) is 0 Å². The minimum absolute atomic E-state index is 0.287. The van der Waals surface area contributed by atoms with E-state index in [2.05, 4.69) is 9.98 Å². The molecule has 6 heteroatoms.